The molecular weight excluding hydrogens is 242 g/mol. The van der Waals surface area contributed by atoms with E-state index >= 15 is 0 Å². The van der Waals surface area contributed by atoms with Gasteiger partial charge in [-0.15, -0.1) is 5.10 Å². The van der Waals surface area contributed by atoms with Gasteiger partial charge in [0.25, 0.3) is 0 Å². The zero-order chi connectivity index (χ0) is 11.0. The molecule has 0 saturated heterocycles. The molecule has 3 rings (SSSR count). The molecule has 0 radical (unpaired) electrons. The highest BCUT2D eigenvalue weighted by Crippen LogP contribution is 2.35. The second kappa shape index (κ2) is 4.03. The Labute approximate surface area is 103 Å². The molecule has 1 aliphatic rings. The van der Waals surface area contributed by atoms with Gasteiger partial charge in [0.05, 0.1) is 12.2 Å². The van der Waals surface area contributed by atoms with Crippen molar-refractivity contribution in [2.75, 3.05) is 5.32 Å². The van der Waals surface area contributed by atoms with Crippen LogP contribution in [-0.2, 0) is 6.42 Å². The predicted molar refractivity (Wildman–Crippen MR) is 66.0 cm³/mol. The van der Waals surface area contributed by atoms with E-state index in [-0.39, 0.29) is 0 Å². The average molecular weight is 252 g/mol. The van der Waals surface area contributed by atoms with Gasteiger partial charge in [-0.2, -0.15) is 0 Å². The summed E-state index contributed by atoms with van der Waals surface area (Å²) in [6.07, 6.45) is 3.95. The van der Waals surface area contributed by atoms with Crippen LogP contribution in [0.5, 0.6) is 0 Å². The highest BCUT2D eigenvalue weighted by atomic mass is 35.5. The molecule has 0 saturated carbocycles. The van der Waals surface area contributed by atoms with Crippen molar-refractivity contribution in [3.8, 4) is 0 Å². The summed E-state index contributed by atoms with van der Waals surface area (Å²) in [5.41, 5.74) is 2.69. The Morgan fingerprint density at radius 1 is 1.44 bits per heavy atom. The number of nitrogens with one attached hydrogen (secondary N) is 1. The van der Waals surface area contributed by atoms with E-state index in [0.29, 0.717) is 6.04 Å². The standard InChI is InChI=1S/C11H10ClN3S/c12-8-2-3-9-7(5-8)1-4-10(9)14-11-6-13-15-16-11/h2-3,5-6,10,14H,1,4H2. The topological polar surface area (TPSA) is 37.8 Å². The number of aromatic nitrogens is 2. The Kier molecular flexibility index (Phi) is 2.53. The van der Waals surface area contributed by atoms with Crippen LogP contribution >= 0.6 is 23.1 Å². The fourth-order valence-corrected chi connectivity index (χ4v) is 2.80. The van der Waals surface area contributed by atoms with Crippen LogP contribution in [-0.4, -0.2) is 9.59 Å². The summed E-state index contributed by atoms with van der Waals surface area (Å²) in [6.45, 7) is 0. The predicted octanol–water partition coefficient (Wildman–Crippen LogP) is 3.29. The number of benzene rings is 1. The minimum Gasteiger partial charge on any atom is -0.368 e. The van der Waals surface area contributed by atoms with Gasteiger partial charge in [0.2, 0.25) is 0 Å². The number of nitrogens with zero attached hydrogens (tertiary/aromatic N) is 2. The summed E-state index contributed by atoms with van der Waals surface area (Å²) in [6, 6.07) is 6.49. The van der Waals surface area contributed by atoms with Gasteiger partial charge in [-0.3, -0.25) is 0 Å². The van der Waals surface area contributed by atoms with E-state index in [0.717, 1.165) is 22.9 Å². The molecule has 1 atom stereocenters. The van der Waals surface area contributed by atoms with Crippen molar-refractivity contribution in [3.05, 3.63) is 40.5 Å². The summed E-state index contributed by atoms with van der Waals surface area (Å²) < 4.78 is 3.84. The van der Waals surface area contributed by atoms with Gasteiger partial charge in [-0.1, -0.05) is 22.2 Å². The minimum absolute atomic E-state index is 0.370. The van der Waals surface area contributed by atoms with Crippen LogP contribution in [0.25, 0.3) is 0 Å². The maximum Gasteiger partial charge on any atom is 0.130 e. The maximum atomic E-state index is 5.98. The quantitative estimate of drug-likeness (QED) is 0.890. The zero-order valence-electron chi connectivity index (χ0n) is 8.48. The molecule has 82 valence electrons. The molecule has 0 fully saturated rings. The largest absolute Gasteiger partial charge is 0.368 e. The number of hydrogen-bond donors (Lipinski definition) is 1. The van der Waals surface area contributed by atoms with E-state index in [1.807, 2.05) is 6.07 Å². The van der Waals surface area contributed by atoms with Crippen molar-refractivity contribution in [1.82, 2.24) is 9.59 Å². The summed E-state index contributed by atoms with van der Waals surface area (Å²) in [4.78, 5) is 0. The van der Waals surface area contributed by atoms with Crippen LogP contribution in [0.15, 0.2) is 24.4 Å². The van der Waals surface area contributed by atoms with E-state index in [1.54, 1.807) is 6.20 Å². The van der Waals surface area contributed by atoms with Crippen LogP contribution in [0, 0.1) is 0 Å². The van der Waals surface area contributed by atoms with E-state index in [4.69, 9.17) is 11.6 Å². The molecule has 5 heteroatoms. The van der Waals surface area contributed by atoms with Crippen LogP contribution in [0.4, 0.5) is 5.00 Å². The maximum absolute atomic E-state index is 5.98. The first kappa shape index (κ1) is 10.1. The highest BCUT2D eigenvalue weighted by molar-refractivity contribution is 7.09. The zero-order valence-corrected chi connectivity index (χ0v) is 10.1. The highest BCUT2D eigenvalue weighted by Gasteiger charge is 2.22. The Morgan fingerprint density at radius 3 is 3.19 bits per heavy atom. The molecule has 16 heavy (non-hydrogen) atoms. The fraction of sp³-hybridized carbons (Fsp3) is 0.273. The van der Waals surface area contributed by atoms with Gasteiger partial charge >= 0.3 is 0 Å². The van der Waals surface area contributed by atoms with E-state index in [1.165, 1.54) is 22.7 Å². The molecule has 0 amide bonds. The van der Waals surface area contributed by atoms with Crippen molar-refractivity contribution in [2.24, 2.45) is 0 Å². The number of hydrogen-bond acceptors (Lipinski definition) is 4. The minimum atomic E-state index is 0.370. The molecule has 1 aromatic carbocycles. The van der Waals surface area contributed by atoms with Gasteiger partial charge in [-0.25, -0.2) is 0 Å². The molecule has 0 spiro atoms. The molecule has 1 aliphatic carbocycles. The fourth-order valence-electron chi connectivity index (χ4n) is 2.14. The molecule has 1 N–H and O–H groups in total. The van der Waals surface area contributed by atoms with E-state index < -0.39 is 0 Å². The molecule has 1 heterocycles. The summed E-state index contributed by atoms with van der Waals surface area (Å²) in [7, 11) is 0. The van der Waals surface area contributed by atoms with Crippen LogP contribution < -0.4 is 5.32 Å². The van der Waals surface area contributed by atoms with Crippen molar-refractivity contribution in [1.29, 1.82) is 0 Å². The summed E-state index contributed by atoms with van der Waals surface area (Å²) >= 11 is 7.36. The molecule has 3 nitrogen and oxygen atoms in total. The molecule has 1 unspecified atom stereocenters. The van der Waals surface area contributed by atoms with Crippen LogP contribution in [0.1, 0.15) is 23.6 Å². The third kappa shape index (κ3) is 1.79. The van der Waals surface area contributed by atoms with Crippen molar-refractivity contribution < 1.29 is 0 Å². The molecule has 0 aliphatic heterocycles. The second-order valence-corrected chi connectivity index (χ2v) is 5.08. The number of halogens is 1. The van der Waals surface area contributed by atoms with Gasteiger partial charge in [0.1, 0.15) is 5.00 Å². The number of aryl methyl sites for hydroxylation is 1. The number of fused-ring (bicyclic) bond motifs is 1. The van der Waals surface area contributed by atoms with Crippen molar-refractivity contribution in [3.63, 3.8) is 0 Å². The number of rotatable bonds is 2. The Morgan fingerprint density at radius 2 is 2.38 bits per heavy atom. The third-order valence-electron chi connectivity index (χ3n) is 2.86. The summed E-state index contributed by atoms with van der Waals surface area (Å²) in [5, 5.41) is 9.11. The molecule has 1 aromatic heterocycles. The average Bonchev–Trinajstić information content (AvgIpc) is 2.89. The smallest absolute Gasteiger partial charge is 0.130 e. The second-order valence-electron chi connectivity index (χ2n) is 3.86. The monoisotopic (exact) mass is 251 g/mol. The molecule has 0 bridgehead atoms. The number of anilines is 1. The Hall–Kier alpha value is -1.13. The van der Waals surface area contributed by atoms with Gasteiger partial charge in [-0.05, 0) is 36.1 Å². The Balaban J connectivity index is 1.86. The van der Waals surface area contributed by atoms with Gasteiger partial charge in [0, 0.05) is 16.6 Å². The van der Waals surface area contributed by atoms with Crippen LogP contribution in [0.2, 0.25) is 5.02 Å². The van der Waals surface area contributed by atoms with Crippen LogP contribution in [0.3, 0.4) is 0 Å². The first-order valence-corrected chi connectivity index (χ1v) is 6.30. The lowest BCUT2D eigenvalue weighted by atomic mass is 10.1. The first-order chi connectivity index (χ1) is 7.83. The van der Waals surface area contributed by atoms with Crippen molar-refractivity contribution in [2.45, 2.75) is 18.9 Å². The molecular formula is C11H10ClN3S. The Bertz CT molecular complexity index is 498. The third-order valence-corrected chi connectivity index (χ3v) is 3.69. The lowest BCUT2D eigenvalue weighted by molar-refractivity contribution is 0.764. The lowest BCUT2D eigenvalue weighted by Crippen LogP contribution is -2.05. The SMILES string of the molecule is Clc1ccc2c(c1)CCC2Nc1cnns1. The van der Waals surface area contributed by atoms with E-state index in [2.05, 4.69) is 27.0 Å². The van der Waals surface area contributed by atoms with Crippen molar-refractivity contribution >= 4 is 28.1 Å². The van der Waals surface area contributed by atoms with Gasteiger partial charge < -0.3 is 5.32 Å². The lowest BCUT2D eigenvalue weighted by Gasteiger charge is -2.12. The van der Waals surface area contributed by atoms with E-state index in [9.17, 15) is 0 Å². The normalized spacial score (nSPS) is 18.4. The summed E-state index contributed by atoms with van der Waals surface area (Å²) in [5.74, 6) is 0. The molecule has 2 aromatic rings. The first-order valence-electron chi connectivity index (χ1n) is 5.15. The van der Waals surface area contributed by atoms with Gasteiger partial charge in [0.15, 0.2) is 0 Å².